The summed E-state index contributed by atoms with van der Waals surface area (Å²) in [5.74, 6) is 1.19. The Morgan fingerprint density at radius 2 is 1.19 bits per heavy atom. The second kappa shape index (κ2) is 14.1. The molecule has 10 heteroatoms. The number of aliphatic hydroxyl groups excluding tert-OH is 1. The maximum absolute atomic E-state index is 11.8. The molecular weight excluding hydrogens is 684 g/mol. The molecule has 0 aliphatic carbocycles. The van der Waals surface area contributed by atoms with Crippen LogP contribution in [0.25, 0.3) is 88.2 Å². The van der Waals surface area contributed by atoms with Crippen LogP contribution in [0.4, 0.5) is 0 Å². The molecule has 0 bridgehead atoms. The standard InChI is InChI=1S/C47H39B7N2O/c1-24(48)46(57)43(52)39-35(25-19-21-28(22-20-25)56-34-18-10-9-17-33(34)55-47(56)26-11-3-2-4-12-26)37-38(42(51)45(54)44(53)41(37)50)36(40(39)49)32-23-27-13-5-6-14-29(27)30-15-7-8-16-31(30)32/h2-23,49,57H,48,50-54H2,1H3/b43-39+,46-24-. The molecule has 1 aromatic heterocycles. The molecule has 9 rings (SSSR count). The van der Waals surface area contributed by atoms with Gasteiger partial charge in [-0.1, -0.05) is 6.07 Å². The van der Waals surface area contributed by atoms with Crippen molar-refractivity contribution < 1.29 is 5.11 Å². The summed E-state index contributed by atoms with van der Waals surface area (Å²) in [4.78, 5) is 5.10. The van der Waals surface area contributed by atoms with Crippen LogP contribution in [0.5, 0.6) is 0 Å². The Balaban J connectivity index is 1.43. The van der Waals surface area contributed by atoms with Crippen molar-refractivity contribution in [1.82, 2.24) is 9.55 Å². The van der Waals surface area contributed by atoms with Gasteiger partial charge >= 0.3 is 335 Å². The third-order valence-corrected chi connectivity index (χ3v) is 12.3. The van der Waals surface area contributed by atoms with Gasteiger partial charge in [0.05, 0.1) is 0 Å². The molecule has 0 atom stereocenters. The van der Waals surface area contributed by atoms with Crippen LogP contribution in [0, 0.1) is 5.11 Å². The summed E-state index contributed by atoms with van der Waals surface area (Å²) in [5, 5.41) is 20.9. The fraction of sp³-hybridized carbons (Fsp3) is 0.0213. The Hall–Kier alpha value is -6.13. The van der Waals surface area contributed by atoms with Crippen molar-refractivity contribution in [2.24, 2.45) is 0 Å². The van der Waals surface area contributed by atoms with E-state index in [1.807, 2.05) is 34.7 Å². The van der Waals surface area contributed by atoms with Gasteiger partial charge in [-0.2, -0.15) is 0 Å². The van der Waals surface area contributed by atoms with E-state index in [-0.39, 0.29) is 0 Å². The van der Waals surface area contributed by atoms with Gasteiger partial charge in [-0.05, 0) is 0 Å². The zero-order chi connectivity index (χ0) is 39.7. The molecular formula is C47H39B7N2O. The number of imidazole rings is 1. The fourth-order valence-electron chi connectivity index (χ4n) is 9.09. The number of rotatable bonds is 5. The average molecular weight is 724 g/mol. The molecule has 0 amide bonds. The van der Waals surface area contributed by atoms with Gasteiger partial charge < -0.3 is 0 Å². The minimum absolute atomic E-state index is 0.294. The Labute approximate surface area is 339 Å². The number of hydrogen-bond donors (Lipinski definition) is 1. The number of aliphatic hydroxyl groups is 1. The molecule has 1 N–H and O–H groups in total. The van der Waals surface area contributed by atoms with Gasteiger partial charge in [0.1, 0.15) is 0 Å². The van der Waals surface area contributed by atoms with Gasteiger partial charge in [-0.15, -0.1) is 0 Å². The molecule has 0 aliphatic heterocycles. The van der Waals surface area contributed by atoms with Gasteiger partial charge in [0.25, 0.3) is 0 Å². The third-order valence-electron chi connectivity index (χ3n) is 12.3. The first kappa shape index (κ1) is 36.5. The molecule has 57 heavy (non-hydrogen) atoms. The van der Waals surface area contributed by atoms with E-state index in [1.54, 1.807) is 0 Å². The summed E-state index contributed by atoms with van der Waals surface area (Å²) in [6, 6.07) is 47.3. The van der Waals surface area contributed by atoms with E-state index in [9.17, 15) is 5.11 Å². The van der Waals surface area contributed by atoms with Crippen molar-refractivity contribution >= 4 is 125 Å². The van der Waals surface area contributed by atoms with Crippen molar-refractivity contribution in [2.75, 3.05) is 0 Å². The Bertz CT molecular complexity index is 3280. The Morgan fingerprint density at radius 1 is 0.614 bits per heavy atom. The molecule has 0 spiro atoms. The number of aromatic nitrogens is 2. The number of fused-ring (bicyclic) bond motifs is 5. The first-order valence-electron chi connectivity index (χ1n) is 19.7. The first-order valence-corrected chi connectivity index (χ1v) is 19.7. The number of allylic oxidation sites excluding steroid dienone is 2. The molecule has 0 saturated carbocycles. The number of nitrogens with zero attached hydrogens (tertiary/aromatic N) is 2. The van der Waals surface area contributed by atoms with E-state index in [1.165, 1.54) is 54.2 Å². The number of benzene rings is 8. The van der Waals surface area contributed by atoms with Crippen molar-refractivity contribution in [3.63, 3.8) is 0 Å². The van der Waals surface area contributed by atoms with Gasteiger partial charge in [-0.3, -0.25) is 0 Å². The molecule has 0 saturated heterocycles. The normalized spacial score (nSPS) is 12.7. The van der Waals surface area contributed by atoms with Crippen molar-refractivity contribution in [2.45, 2.75) is 6.92 Å². The molecule has 0 fully saturated rings. The van der Waals surface area contributed by atoms with Crippen molar-refractivity contribution in [3.05, 3.63) is 155 Å². The molecule has 8 aromatic carbocycles. The van der Waals surface area contributed by atoms with E-state index >= 15 is 0 Å². The Kier molecular flexibility index (Phi) is 9.04. The van der Waals surface area contributed by atoms with Crippen molar-refractivity contribution in [1.29, 1.82) is 0 Å². The third kappa shape index (κ3) is 5.76. The number of para-hydroxylation sites is 2. The van der Waals surface area contributed by atoms with E-state index in [0.29, 0.717) is 5.76 Å². The molecule has 0 radical (unpaired) electrons. The van der Waals surface area contributed by atoms with E-state index in [4.69, 9.17) is 12.5 Å². The van der Waals surface area contributed by atoms with E-state index < -0.39 is 0 Å². The summed E-state index contributed by atoms with van der Waals surface area (Å²) < 4.78 is 2.25. The SMILES string of the molecule is B=c1c(-c2cc3ccccc3c3ccccc23)c2c(B)c(B)c(B)c(B)c2c(-c2ccc(-n3c(-c4ccccc4)nc4ccccc43)cc2)/c1=C(B)/C(O)=C(/B)C. The molecule has 9 aromatic rings. The topological polar surface area (TPSA) is 38.0 Å². The van der Waals surface area contributed by atoms with E-state index in [0.717, 1.165) is 71.6 Å². The van der Waals surface area contributed by atoms with Gasteiger partial charge in [-0.25, -0.2) is 0 Å². The molecule has 0 aliphatic rings. The summed E-state index contributed by atoms with van der Waals surface area (Å²) in [6.45, 7) is 1.97. The zero-order valence-electron chi connectivity index (χ0n) is 33.8. The van der Waals surface area contributed by atoms with Crippen LogP contribution >= 0.6 is 0 Å². The van der Waals surface area contributed by atoms with Crippen molar-refractivity contribution in [3.8, 4) is 39.3 Å². The van der Waals surface area contributed by atoms with E-state index in [2.05, 4.69) is 157 Å². The van der Waals surface area contributed by atoms with Gasteiger partial charge in [0.2, 0.25) is 0 Å². The summed E-state index contributed by atoms with van der Waals surface area (Å²) in [5.41, 5.74) is 15.2. The molecule has 3 nitrogen and oxygen atoms in total. The molecule has 1 heterocycles. The summed E-state index contributed by atoms with van der Waals surface area (Å²) in [7, 11) is 18.0. The van der Waals surface area contributed by atoms with Gasteiger partial charge in [0, 0.05) is 0 Å². The van der Waals surface area contributed by atoms with Crippen LogP contribution in [0.15, 0.2) is 145 Å². The van der Waals surface area contributed by atoms with Crippen LogP contribution in [0.3, 0.4) is 0 Å². The number of hydrogen-bond acceptors (Lipinski definition) is 2. The van der Waals surface area contributed by atoms with Crippen LogP contribution in [0.2, 0.25) is 0 Å². The summed E-state index contributed by atoms with van der Waals surface area (Å²) >= 11 is 0. The minimum atomic E-state index is 0.294. The zero-order valence-corrected chi connectivity index (χ0v) is 33.8. The maximum atomic E-state index is 11.8. The van der Waals surface area contributed by atoms with Crippen LogP contribution < -0.4 is 27.1 Å². The predicted octanol–water partition coefficient (Wildman–Crippen LogP) is 1.84. The summed E-state index contributed by atoms with van der Waals surface area (Å²) in [6.07, 6.45) is 0. The van der Waals surface area contributed by atoms with Crippen LogP contribution in [-0.2, 0) is 0 Å². The molecule has 0 unspecified atom stereocenters. The molecule has 264 valence electrons. The fourth-order valence-corrected chi connectivity index (χ4v) is 9.09. The monoisotopic (exact) mass is 724 g/mol. The van der Waals surface area contributed by atoms with Crippen LogP contribution in [0.1, 0.15) is 6.92 Å². The van der Waals surface area contributed by atoms with Crippen LogP contribution in [-0.4, -0.2) is 69.2 Å². The second-order valence-electron chi connectivity index (χ2n) is 15.7. The second-order valence-corrected chi connectivity index (χ2v) is 15.7. The quantitative estimate of drug-likeness (QED) is 0.168. The van der Waals surface area contributed by atoms with Gasteiger partial charge in [0.15, 0.2) is 0 Å². The first-order chi connectivity index (χ1) is 27.6. The Morgan fingerprint density at radius 3 is 1.88 bits per heavy atom. The average Bonchev–Trinajstić information content (AvgIpc) is 3.64. The predicted molar refractivity (Wildman–Crippen MR) is 264 cm³/mol.